The smallest absolute Gasteiger partial charge is 0.347 e. The van der Waals surface area contributed by atoms with Crippen molar-refractivity contribution in [2.24, 2.45) is 0 Å². The second kappa shape index (κ2) is 5.95. The predicted octanol–water partition coefficient (Wildman–Crippen LogP) is 5.55. The van der Waals surface area contributed by atoms with Gasteiger partial charge in [0.05, 0.1) is 16.7 Å². The molecule has 5 aromatic rings. The molecule has 0 saturated heterocycles. The maximum Gasteiger partial charge on any atom is 0.347 e. The quantitative estimate of drug-likeness (QED) is 0.257. The number of fused-ring (bicyclic) bond motifs is 4. The van der Waals surface area contributed by atoms with Crippen molar-refractivity contribution in [3.8, 4) is 0 Å². The van der Waals surface area contributed by atoms with Crippen LogP contribution in [0.25, 0.3) is 32.8 Å². The van der Waals surface area contributed by atoms with Gasteiger partial charge < -0.3 is 9.73 Å². The Morgan fingerprint density at radius 3 is 2.37 bits per heavy atom. The highest BCUT2D eigenvalue weighted by Gasteiger charge is 2.16. The van der Waals surface area contributed by atoms with E-state index in [4.69, 9.17) is 9.40 Å². The highest BCUT2D eigenvalue weighted by Crippen LogP contribution is 2.34. The van der Waals surface area contributed by atoms with E-state index in [9.17, 15) is 4.79 Å². The Morgan fingerprint density at radius 1 is 0.852 bits per heavy atom. The molecule has 5 rings (SSSR count). The van der Waals surface area contributed by atoms with E-state index in [1.54, 1.807) is 6.07 Å². The zero-order chi connectivity index (χ0) is 18.4. The van der Waals surface area contributed by atoms with Gasteiger partial charge in [0.15, 0.2) is 0 Å². The topological polar surface area (TPSA) is 55.1 Å². The third kappa shape index (κ3) is 2.54. The molecule has 0 bridgehead atoms. The third-order valence-corrected chi connectivity index (χ3v) is 4.76. The standard InChI is InChI=1S/C23H16N2O2/c1-14-10-12-15(13-11-14)24-21-16-6-2-4-8-18(16)25-22-17-7-3-5-9-19(17)27-23(26)20(21)22/h2-13H,1H3,(H,24,25). The number of rotatable bonds is 2. The van der Waals surface area contributed by atoms with Crippen LogP contribution in [-0.4, -0.2) is 4.98 Å². The van der Waals surface area contributed by atoms with Gasteiger partial charge in [-0.1, -0.05) is 48.0 Å². The van der Waals surface area contributed by atoms with E-state index < -0.39 is 5.63 Å². The molecule has 2 aromatic heterocycles. The Bertz CT molecular complexity index is 1370. The Hall–Kier alpha value is -3.66. The molecule has 27 heavy (non-hydrogen) atoms. The fourth-order valence-corrected chi connectivity index (χ4v) is 3.42. The number of pyridine rings is 1. The molecule has 0 aliphatic rings. The number of nitrogens with zero attached hydrogens (tertiary/aromatic N) is 1. The van der Waals surface area contributed by atoms with Gasteiger partial charge in [-0.25, -0.2) is 9.78 Å². The predicted molar refractivity (Wildman–Crippen MR) is 110 cm³/mol. The minimum absolute atomic E-state index is 0.392. The summed E-state index contributed by atoms with van der Waals surface area (Å²) in [6.07, 6.45) is 0. The number of nitrogens with one attached hydrogen (secondary N) is 1. The van der Waals surface area contributed by atoms with Crippen LogP contribution in [0, 0.1) is 6.92 Å². The number of para-hydroxylation sites is 2. The van der Waals surface area contributed by atoms with Crippen molar-refractivity contribution >= 4 is 44.1 Å². The molecule has 0 radical (unpaired) electrons. The first-order valence-electron chi connectivity index (χ1n) is 8.79. The van der Waals surface area contributed by atoms with Crippen molar-refractivity contribution in [2.75, 3.05) is 5.32 Å². The highest BCUT2D eigenvalue weighted by molar-refractivity contribution is 6.14. The number of benzene rings is 3. The fraction of sp³-hybridized carbons (Fsp3) is 0.0435. The summed E-state index contributed by atoms with van der Waals surface area (Å²) in [6.45, 7) is 2.04. The Labute approximate surface area is 155 Å². The first-order chi connectivity index (χ1) is 13.2. The molecule has 0 saturated carbocycles. The van der Waals surface area contributed by atoms with Crippen molar-refractivity contribution in [2.45, 2.75) is 6.92 Å². The lowest BCUT2D eigenvalue weighted by Crippen LogP contribution is -2.06. The summed E-state index contributed by atoms with van der Waals surface area (Å²) in [5.41, 5.74) is 4.43. The number of hydrogen-bond acceptors (Lipinski definition) is 4. The van der Waals surface area contributed by atoms with Gasteiger partial charge in [-0.05, 0) is 37.3 Å². The summed E-state index contributed by atoms with van der Waals surface area (Å²) >= 11 is 0. The van der Waals surface area contributed by atoms with Crippen LogP contribution in [0.5, 0.6) is 0 Å². The molecule has 0 spiro atoms. The first kappa shape index (κ1) is 15.6. The largest absolute Gasteiger partial charge is 0.422 e. The minimum atomic E-state index is -0.392. The lowest BCUT2D eigenvalue weighted by molar-refractivity contribution is 0.569. The van der Waals surface area contributed by atoms with Gasteiger partial charge in [-0.3, -0.25) is 0 Å². The van der Waals surface area contributed by atoms with Crippen LogP contribution < -0.4 is 10.9 Å². The van der Waals surface area contributed by atoms with Crippen molar-refractivity contribution in [1.29, 1.82) is 0 Å². The van der Waals surface area contributed by atoms with Crippen LogP contribution in [0.1, 0.15) is 5.56 Å². The molecule has 0 amide bonds. The lowest BCUT2D eigenvalue weighted by atomic mass is 10.1. The molecule has 130 valence electrons. The molecular formula is C23H16N2O2. The first-order valence-corrected chi connectivity index (χ1v) is 8.79. The van der Waals surface area contributed by atoms with Crippen molar-refractivity contribution in [3.05, 3.63) is 88.8 Å². The van der Waals surface area contributed by atoms with E-state index in [2.05, 4.69) is 5.32 Å². The summed E-state index contributed by atoms with van der Waals surface area (Å²) in [5.74, 6) is 0. The van der Waals surface area contributed by atoms with Gasteiger partial charge in [-0.2, -0.15) is 0 Å². The molecule has 1 N–H and O–H groups in total. The summed E-state index contributed by atoms with van der Waals surface area (Å²) in [5, 5.41) is 5.59. The van der Waals surface area contributed by atoms with Gasteiger partial charge in [-0.15, -0.1) is 0 Å². The third-order valence-electron chi connectivity index (χ3n) is 4.76. The normalized spacial score (nSPS) is 11.3. The van der Waals surface area contributed by atoms with Crippen molar-refractivity contribution < 1.29 is 4.42 Å². The van der Waals surface area contributed by atoms with Gasteiger partial charge in [0, 0.05) is 16.5 Å². The van der Waals surface area contributed by atoms with Gasteiger partial charge in [0.2, 0.25) is 0 Å². The minimum Gasteiger partial charge on any atom is -0.422 e. The van der Waals surface area contributed by atoms with Crippen molar-refractivity contribution in [1.82, 2.24) is 4.98 Å². The zero-order valence-electron chi connectivity index (χ0n) is 14.7. The summed E-state index contributed by atoms with van der Waals surface area (Å²) in [7, 11) is 0. The average molecular weight is 352 g/mol. The second-order valence-corrected chi connectivity index (χ2v) is 6.60. The SMILES string of the molecule is Cc1ccc(Nc2c3ccccc3nc3c2c(=O)oc2ccccc23)cc1. The van der Waals surface area contributed by atoms with Crippen LogP contribution in [0.3, 0.4) is 0 Å². The summed E-state index contributed by atoms with van der Waals surface area (Å²) in [4.78, 5) is 17.6. The molecule has 3 aromatic carbocycles. The van der Waals surface area contributed by atoms with Crippen LogP contribution in [0.15, 0.2) is 82.0 Å². The van der Waals surface area contributed by atoms with Crippen LogP contribution >= 0.6 is 0 Å². The van der Waals surface area contributed by atoms with Gasteiger partial charge in [0.1, 0.15) is 11.0 Å². The number of anilines is 2. The number of hydrogen-bond donors (Lipinski definition) is 1. The molecule has 0 fully saturated rings. The summed E-state index contributed by atoms with van der Waals surface area (Å²) in [6, 6.07) is 23.4. The molecule has 0 aliphatic carbocycles. The van der Waals surface area contributed by atoms with Gasteiger partial charge >= 0.3 is 5.63 Å². The van der Waals surface area contributed by atoms with Crippen LogP contribution in [0.2, 0.25) is 0 Å². The van der Waals surface area contributed by atoms with E-state index in [0.717, 1.165) is 27.7 Å². The molecule has 0 atom stereocenters. The fourth-order valence-electron chi connectivity index (χ4n) is 3.42. The van der Waals surface area contributed by atoms with Crippen LogP contribution in [-0.2, 0) is 0 Å². The van der Waals surface area contributed by atoms with Gasteiger partial charge in [0.25, 0.3) is 0 Å². The Morgan fingerprint density at radius 2 is 1.56 bits per heavy atom. The molecule has 4 heteroatoms. The van der Waals surface area contributed by atoms with Crippen LogP contribution in [0.4, 0.5) is 11.4 Å². The van der Waals surface area contributed by atoms with E-state index >= 15 is 0 Å². The van der Waals surface area contributed by atoms with E-state index in [1.165, 1.54) is 5.56 Å². The second-order valence-electron chi connectivity index (χ2n) is 6.60. The monoisotopic (exact) mass is 352 g/mol. The molecule has 0 unspecified atom stereocenters. The molecule has 2 heterocycles. The number of aryl methyl sites for hydroxylation is 1. The van der Waals surface area contributed by atoms with E-state index in [-0.39, 0.29) is 0 Å². The van der Waals surface area contributed by atoms with E-state index in [0.29, 0.717) is 16.5 Å². The maximum atomic E-state index is 12.9. The summed E-state index contributed by atoms with van der Waals surface area (Å²) < 4.78 is 5.59. The number of aromatic nitrogens is 1. The Kier molecular flexibility index (Phi) is 3.44. The average Bonchev–Trinajstić information content (AvgIpc) is 2.69. The maximum absolute atomic E-state index is 12.9. The highest BCUT2D eigenvalue weighted by atomic mass is 16.4. The molecular weight excluding hydrogens is 336 g/mol. The zero-order valence-corrected chi connectivity index (χ0v) is 14.7. The molecule has 4 nitrogen and oxygen atoms in total. The lowest BCUT2D eigenvalue weighted by Gasteiger charge is -2.13. The molecule has 0 aliphatic heterocycles. The van der Waals surface area contributed by atoms with E-state index in [1.807, 2.05) is 73.7 Å². The Balaban J connectivity index is 1.91. The van der Waals surface area contributed by atoms with Crippen molar-refractivity contribution in [3.63, 3.8) is 0 Å².